The highest BCUT2D eigenvalue weighted by molar-refractivity contribution is 6.29. The molecule has 1 aromatic rings. The third-order valence-electron chi connectivity index (χ3n) is 3.68. The van der Waals surface area contributed by atoms with Crippen molar-refractivity contribution in [3.63, 3.8) is 0 Å². The van der Waals surface area contributed by atoms with Crippen molar-refractivity contribution in [1.82, 2.24) is 4.90 Å². The number of methoxy groups -OCH3 is 1. The number of allylic oxidation sites excluding steroid dienone is 1. The van der Waals surface area contributed by atoms with E-state index < -0.39 is 0 Å². The van der Waals surface area contributed by atoms with Crippen molar-refractivity contribution in [3.05, 3.63) is 58.1 Å². The van der Waals surface area contributed by atoms with Gasteiger partial charge in [0.25, 0.3) is 0 Å². The van der Waals surface area contributed by atoms with Crippen molar-refractivity contribution >= 4 is 17.6 Å². The summed E-state index contributed by atoms with van der Waals surface area (Å²) in [5.41, 5.74) is 19.0. The zero-order valence-electron chi connectivity index (χ0n) is 13.4. The predicted octanol–water partition coefficient (Wildman–Crippen LogP) is 0.972. The van der Waals surface area contributed by atoms with E-state index in [-0.39, 0.29) is 23.1 Å². The van der Waals surface area contributed by atoms with Crippen LogP contribution in [0.25, 0.3) is 0 Å². The Kier molecular flexibility index (Phi) is 5.94. The van der Waals surface area contributed by atoms with Gasteiger partial charge >= 0.3 is 5.97 Å². The molecule has 1 fully saturated rings. The van der Waals surface area contributed by atoms with Crippen LogP contribution in [0, 0.1) is 0 Å². The third-order valence-corrected chi connectivity index (χ3v) is 3.79. The number of nitrogens with two attached hydrogens (primary N) is 3. The lowest BCUT2D eigenvalue weighted by Crippen LogP contribution is -2.39. The molecule has 6 N–H and O–H groups in total. The monoisotopic (exact) mass is 352 g/mol. The van der Waals surface area contributed by atoms with Gasteiger partial charge in [-0.25, -0.2) is 4.79 Å². The summed E-state index contributed by atoms with van der Waals surface area (Å²) in [5, 5.41) is 0.101. The molecule has 2 rings (SSSR count). The van der Waals surface area contributed by atoms with Crippen molar-refractivity contribution in [2.75, 3.05) is 26.8 Å². The van der Waals surface area contributed by atoms with Crippen LogP contribution in [0.2, 0.25) is 0 Å². The van der Waals surface area contributed by atoms with Gasteiger partial charge in [0.2, 0.25) is 0 Å². The molecule has 8 heteroatoms. The number of ether oxygens (including phenoxy) is 2. The number of benzene rings is 1. The highest BCUT2D eigenvalue weighted by Crippen LogP contribution is 2.25. The van der Waals surface area contributed by atoms with Gasteiger partial charge in [0.1, 0.15) is 17.1 Å². The molecule has 1 aromatic carbocycles. The summed E-state index contributed by atoms with van der Waals surface area (Å²) in [6.07, 6.45) is 1.34. The van der Waals surface area contributed by atoms with Gasteiger partial charge in [-0.3, -0.25) is 0 Å². The molecule has 1 saturated heterocycles. The first-order valence-corrected chi connectivity index (χ1v) is 7.73. The van der Waals surface area contributed by atoms with E-state index in [1.165, 1.54) is 13.2 Å². The molecule has 0 amide bonds. The van der Waals surface area contributed by atoms with Crippen LogP contribution < -0.4 is 17.2 Å². The van der Waals surface area contributed by atoms with E-state index in [1.807, 2.05) is 17.0 Å². The second kappa shape index (κ2) is 7.94. The SMILES string of the molecule is COC(=O)c1ccc(C2CN(C(/C=C(\N)Cl)=C(N)N)CCO2)cc1. The Balaban J connectivity index is 2.17. The van der Waals surface area contributed by atoms with Gasteiger partial charge in [0, 0.05) is 13.1 Å². The van der Waals surface area contributed by atoms with Crippen LogP contribution in [-0.4, -0.2) is 37.7 Å². The summed E-state index contributed by atoms with van der Waals surface area (Å²) < 4.78 is 10.5. The quantitative estimate of drug-likeness (QED) is 0.420. The second-order valence-corrected chi connectivity index (χ2v) is 5.73. The highest BCUT2D eigenvalue weighted by Gasteiger charge is 2.24. The minimum absolute atomic E-state index is 0.101. The van der Waals surface area contributed by atoms with E-state index in [0.717, 1.165) is 5.56 Å². The van der Waals surface area contributed by atoms with Gasteiger partial charge in [-0.2, -0.15) is 0 Å². The molecule has 0 bridgehead atoms. The summed E-state index contributed by atoms with van der Waals surface area (Å²) in [6, 6.07) is 7.07. The lowest BCUT2D eigenvalue weighted by molar-refractivity contribution is -0.0172. The fourth-order valence-corrected chi connectivity index (χ4v) is 2.61. The van der Waals surface area contributed by atoms with E-state index in [9.17, 15) is 4.79 Å². The molecule has 130 valence electrons. The molecule has 1 aliphatic heterocycles. The van der Waals surface area contributed by atoms with Crippen molar-refractivity contribution in [2.45, 2.75) is 6.10 Å². The number of rotatable bonds is 4. The van der Waals surface area contributed by atoms with Gasteiger partial charge in [0.15, 0.2) is 0 Å². The zero-order valence-corrected chi connectivity index (χ0v) is 14.1. The first-order chi connectivity index (χ1) is 11.4. The maximum atomic E-state index is 11.5. The summed E-state index contributed by atoms with van der Waals surface area (Å²) in [4.78, 5) is 13.5. The van der Waals surface area contributed by atoms with Crippen LogP contribution in [0.4, 0.5) is 0 Å². The number of carbonyl (C=O) groups excluding carboxylic acids is 1. The molecule has 0 spiro atoms. The molecular formula is C16H21ClN4O3. The van der Waals surface area contributed by atoms with E-state index in [1.54, 1.807) is 12.1 Å². The number of nitrogens with zero attached hydrogens (tertiary/aromatic N) is 1. The van der Waals surface area contributed by atoms with E-state index in [0.29, 0.717) is 31.0 Å². The Morgan fingerprint density at radius 2 is 2.00 bits per heavy atom. The van der Waals surface area contributed by atoms with Crippen molar-refractivity contribution in [2.24, 2.45) is 17.2 Å². The number of hydrogen-bond acceptors (Lipinski definition) is 7. The van der Waals surface area contributed by atoms with Gasteiger partial charge < -0.3 is 31.6 Å². The molecule has 1 atom stereocenters. The van der Waals surface area contributed by atoms with Crippen LogP contribution in [0.5, 0.6) is 0 Å². The molecule has 24 heavy (non-hydrogen) atoms. The molecule has 1 heterocycles. The number of carbonyl (C=O) groups is 1. The van der Waals surface area contributed by atoms with E-state index in [2.05, 4.69) is 0 Å². The Labute approximate surface area is 145 Å². The van der Waals surface area contributed by atoms with Crippen molar-refractivity contribution in [3.8, 4) is 0 Å². The van der Waals surface area contributed by atoms with Gasteiger partial charge in [-0.05, 0) is 23.8 Å². The Morgan fingerprint density at radius 1 is 1.33 bits per heavy atom. The summed E-state index contributed by atoms with van der Waals surface area (Å²) in [7, 11) is 1.35. The lowest BCUT2D eigenvalue weighted by Gasteiger charge is -2.35. The van der Waals surface area contributed by atoms with Crippen LogP contribution in [0.1, 0.15) is 22.0 Å². The molecule has 0 saturated carbocycles. The van der Waals surface area contributed by atoms with Crippen LogP contribution in [-0.2, 0) is 9.47 Å². The highest BCUT2D eigenvalue weighted by atomic mass is 35.5. The molecule has 0 radical (unpaired) electrons. The maximum absolute atomic E-state index is 11.5. The molecule has 7 nitrogen and oxygen atoms in total. The second-order valence-electron chi connectivity index (χ2n) is 5.29. The summed E-state index contributed by atoms with van der Waals surface area (Å²) in [6.45, 7) is 1.65. The number of hydrogen-bond donors (Lipinski definition) is 3. The fraction of sp³-hybridized carbons (Fsp3) is 0.312. The van der Waals surface area contributed by atoms with E-state index >= 15 is 0 Å². The van der Waals surface area contributed by atoms with Gasteiger partial charge in [-0.1, -0.05) is 23.7 Å². The normalized spacial score (nSPS) is 18.2. The Hall–Kier alpha value is -2.38. The largest absolute Gasteiger partial charge is 0.465 e. The van der Waals surface area contributed by atoms with Crippen LogP contribution in [0.3, 0.4) is 0 Å². The Bertz CT molecular complexity index is 650. The molecular weight excluding hydrogens is 332 g/mol. The number of esters is 1. The predicted molar refractivity (Wildman–Crippen MR) is 91.6 cm³/mol. The maximum Gasteiger partial charge on any atom is 0.337 e. The number of halogens is 1. The fourth-order valence-electron chi connectivity index (χ4n) is 2.51. The smallest absolute Gasteiger partial charge is 0.337 e. The molecule has 1 unspecified atom stereocenters. The van der Waals surface area contributed by atoms with Crippen LogP contribution in [0.15, 0.2) is 47.0 Å². The van der Waals surface area contributed by atoms with Gasteiger partial charge in [0.05, 0.1) is 25.0 Å². The average molecular weight is 353 g/mol. The van der Waals surface area contributed by atoms with Crippen molar-refractivity contribution < 1.29 is 14.3 Å². The minimum Gasteiger partial charge on any atom is -0.465 e. The molecule has 0 aromatic heterocycles. The van der Waals surface area contributed by atoms with E-state index in [4.69, 9.17) is 38.3 Å². The Morgan fingerprint density at radius 3 is 2.54 bits per heavy atom. The minimum atomic E-state index is -0.378. The standard InChI is InChI=1S/C16H21ClN4O3/c1-23-16(22)11-4-2-10(3-5-11)13-9-21(6-7-24-13)12(15(19)20)8-14(17)18/h2-5,8,13H,6-7,9,18-20H2,1H3/b14-8-. The average Bonchev–Trinajstić information content (AvgIpc) is 2.59. The van der Waals surface area contributed by atoms with Crippen molar-refractivity contribution in [1.29, 1.82) is 0 Å². The molecule has 1 aliphatic rings. The topological polar surface area (TPSA) is 117 Å². The summed E-state index contributed by atoms with van der Waals surface area (Å²) >= 11 is 5.74. The van der Waals surface area contributed by atoms with Gasteiger partial charge in [-0.15, -0.1) is 0 Å². The van der Waals surface area contributed by atoms with Crippen LogP contribution >= 0.6 is 11.6 Å². The lowest BCUT2D eigenvalue weighted by atomic mass is 10.0. The summed E-state index contributed by atoms with van der Waals surface area (Å²) in [5.74, 6) is -0.239. The first kappa shape index (κ1) is 18.0. The zero-order chi connectivity index (χ0) is 17.7. The first-order valence-electron chi connectivity index (χ1n) is 7.35. The number of morpholine rings is 1. The third kappa shape index (κ3) is 4.33. The molecule has 0 aliphatic carbocycles.